The van der Waals surface area contributed by atoms with Gasteiger partial charge in [0.05, 0.1) is 10.8 Å². The topological polar surface area (TPSA) is 66.5 Å². The number of hydrogen-bond donors (Lipinski definition) is 2. The van der Waals surface area contributed by atoms with Crippen LogP contribution in [0.25, 0.3) is 0 Å². The fourth-order valence-corrected chi connectivity index (χ4v) is 1.65. The first kappa shape index (κ1) is 11.1. The molecule has 0 bridgehead atoms. The summed E-state index contributed by atoms with van der Waals surface area (Å²) in [6, 6.07) is 0. The number of H-pyrrole nitrogens is 1. The molecular formula is C10H12BrN5. The summed E-state index contributed by atoms with van der Waals surface area (Å²) in [4.78, 5) is 15.4. The van der Waals surface area contributed by atoms with Crippen LogP contribution < -0.4 is 5.32 Å². The molecule has 2 rings (SSSR count). The lowest BCUT2D eigenvalue weighted by Crippen LogP contribution is -2.08. The van der Waals surface area contributed by atoms with Crippen molar-refractivity contribution in [2.75, 3.05) is 11.9 Å². The third kappa shape index (κ3) is 2.79. The van der Waals surface area contributed by atoms with Gasteiger partial charge in [-0.2, -0.15) is 0 Å². The van der Waals surface area contributed by atoms with Crippen LogP contribution in [0.1, 0.15) is 11.5 Å². The number of hydrogen-bond acceptors (Lipinski definition) is 4. The van der Waals surface area contributed by atoms with Crippen molar-refractivity contribution in [3.63, 3.8) is 0 Å². The molecule has 0 aliphatic rings. The third-order valence-corrected chi connectivity index (χ3v) is 2.69. The van der Waals surface area contributed by atoms with E-state index in [-0.39, 0.29) is 0 Å². The Morgan fingerprint density at radius 2 is 2.31 bits per heavy atom. The van der Waals surface area contributed by atoms with Gasteiger partial charge < -0.3 is 10.3 Å². The molecule has 2 aromatic rings. The maximum atomic E-state index is 4.30. The van der Waals surface area contributed by atoms with Crippen molar-refractivity contribution in [2.24, 2.45) is 0 Å². The summed E-state index contributed by atoms with van der Waals surface area (Å²) in [6.07, 6.45) is 6.14. The van der Waals surface area contributed by atoms with Crippen molar-refractivity contribution >= 4 is 21.7 Å². The molecule has 84 valence electrons. The van der Waals surface area contributed by atoms with Gasteiger partial charge in [0.1, 0.15) is 11.6 Å². The second-order valence-electron chi connectivity index (χ2n) is 3.37. The van der Waals surface area contributed by atoms with Gasteiger partial charge in [-0.1, -0.05) is 0 Å². The Bertz CT molecular complexity index is 454. The van der Waals surface area contributed by atoms with E-state index in [2.05, 4.69) is 41.2 Å². The van der Waals surface area contributed by atoms with Crippen molar-refractivity contribution in [3.05, 3.63) is 34.7 Å². The molecule has 0 amide bonds. The monoisotopic (exact) mass is 281 g/mol. The smallest absolute Gasteiger partial charge is 0.144 e. The molecule has 0 radical (unpaired) electrons. The van der Waals surface area contributed by atoms with Crippen LogP contribution in [-0.2, 0) is 6.42 Å². The summed E-state index contributed by atoms with van der Waals surface area (Å²) in [7, 11) is 0. The lowest BCUT2D eigenvalue weighted by atomic mass is 10.3. The van der Waals surface area contributed by atoms with Crippen LogP contribution in [-0.4, -0.2) is 26.5 Å². The van der Waals surface area contributed by atoms with E-state index in [1.165, 1.54) is 0 Å². The second-order valence-corrected chi connectivity index (χ2v) is 4.22. The van der Waals surface area contributed by atoms with E-state index >= 15 is 0 Å². The second kappa shape index (κ2) is 5.07. The van der Waals surface area contributed by atoms with Crippen molar-refractivity contribution in [3.8, 4) is 0 Å². The van der Waals surface area contributed by atoms with Gasteiger partial charge in [0.2, 0.25) is 0 Å². The minimum Gasteiger partial charge on any atom is -0.369 e. The maximum absolute atomic E-state index is 4.30. The number of anilines is 1. The minimum atomic E-state index is 0.757. The van der Waals surface area contributed by atoms with E-state index in [9.17, 15) is 0 Å². The van der Waals surface area contributed by atoms with Crippen LogP contribution in [0.5, 0.6) is 0 Å². The van der Waals surface area contributed by atoms with Crippen LogP contribution in [0.3, 0.4) is 0 Å². The number of nitrogens with one attached hydrogen (secondary N) is 2. The molecule has 0 aliphatic carbocycles. The van der Waals surface area contributed by atoms with Gasteiger partial charge in [-0.05, 0) is 22.9 Å². The number of aromatic amines is 1. The maximum Gasteiger partial charge on any atom is 0.144 e. The molecule has 2 heterocycles. The Kier molecular flexibility index (Phi) is 3.51. The highest BCUT2D eigenvalue weighted by Crippen LogP contribution is 2.17. The van der Waals surface area contributed by atoms with Crippen LogP contribution in [0, 0.1) is 6.92 Å². The lowest BCUT2D eigenvalue weighted by molar-refractivity contribution is 0.951. The predicted octanol–water partition coefficient (Wildman–Crippen LogP) is 1.93. The summed E-state index contributed by atoms with van der Waals surface area (Å²) in [5, 5.41) is 3.25. The number of aromatic nitrogens is 4. The van der Waals surface area contributed by atoms with Crippen LogP contribution in [0.2, 0.25) is 0 Å². The van der Waals surface area contributed by atoms with Gasteiger partial charge in [0, 0.05) is 31.1 Å². The zero-order valence-electron chi connectivity index (χ0n) is 8.87. The Balaban J connectivity index is 1.92. The van der Waals surface area contributed by atoms with E-state index in [0.29, 0.717) is 0 Å². The molecule has 5 nitrogen and oxygen atoms in total. The first-order valence-corrected chi connectivity index (χ1v) is 5.75. The summed E-state index contributed by atoms with van der Waals surface area (Å²) in [6.45, 7) is 2.67. The average Bonchev–Trinajstić information content (AvgIpc) is 2.76. The molecule has 16 heavy (non-hydrogen) atoms. The van der Waals surface area contributed by atoms with Gasteiger partial charge in [-0.25, -0.2) is 15.0 Å². The largest absolute Gasteiger partial charge is 0.369 e. The highest BCUT2D eigenvalue weighted by molar-refractivity contribution is 9.10. The Hall–Kier alpha value is -1.43. The van der Waals surface area contributed by atoms with Gasteiger partial charge in [-0.15, -0.1) is 0 Å². The highest BCUT2D eigenvalue weighted by atomic mass is 79.9. The Labute approximate surface area is 102 Å². The summed E-state index contributed by atoms with van der Waals surface area (Å²) in [5.74, 6) is 1.58. The van der Waals surface area contributed by atoms with Crippen LogP contribution in [0.4, 0.5) is 5.82 Å². The number of halogens is 1. The first-order valence-electron chi connectivity index (χ1n) is 4.96. The third-order valence-electron chi connectivity index (χ3n) is 2.11. The molecule has 6 heteroatoms. The van der Waals surface area contributed by atoms with Crippen LogP contribution in [0.15, 0.2) is 23.2 Å². The molecule has 0 spiro atoms. The Morgan fingerprint density at radius 3 is 3.06 bits per heavy atom. The molecule has 0 aromatic carbocycles. The molecule has 2 aromatic heterocycles. The van der Waals surface area contributed by atoms with Gasteiger partial charge in [0.25, 0.3) is 0 Å². The van der Waals surface area contributed by atoms with Gasteiger partial charge in [0.15, 0.2) is 0 Å². The summed E-state index contributed by atoms with van der Waals surface area (Å²) < 4.78 is 0.878. The van der Waals surface area contributed by atoms with Gasteiger partial charge in [-0.3, -0.25) is 0 Å². The van der Waals surface area contributed by atoms with E-state index < -0.39 is 0 Å². The molecule has 2 N–H and O–H groups in total. The molecule has 0 atom stereocenters. The summed E-state index contributed by atoms with van der Waals surface area (Å²) in [5.41, 5.74) is 1.11. The molecule has 0 fully saturated rings. The average molecular weight is 282 g/mol. The van der Waals surface area contributed by atoms with Crippen molar-refractivity contribution in [1.29, 1.82) is 0 Å². The number of rotatable bonds is 4. The van der Waals surface area contributed by atoms with Gasteiger partial charge >= 0.3 is 0 Å². The number of aryl methyl sites for hydroxylation is 1. The summed E-state index contributed by atoms with van der Waals surface area (Å²) >= 11 is 3.40. The molecule has 0 saturated heterocycles. The zero-order chi connectivity index (χ0) is 11.4. The van der Waals surface area contributed by atoms with Crippen molar-refractivity contribution in [2.45, 2.75) is 13.3 Å². The van der Waals surface area contributed by atoms with Crippen molar-refractivity contribution in [1.82, 2.24) is 19.9 Å². The van der Waals surface area contributed by atoms with Crippen molar-refractivity contribution < 1.29 is 0 Å². The number of nitrogens with zero attached hydrogens (tertiary/aromatic N) is 3. The minimum absolute atomic E-state index is 0.757. The molecule has 0 unspecified atom stereocenters. The Morgan fingerprint density at radius 1 is 1.44 bits per heavy atom. The fraction of sp³-hybridized carbons (Fsp3) is 0.300. The van der Waals surface area contributed by atoms with Crippen LogP contribution >= 0.6 is 15.9 Å². The highest BCUT2D eigenvalue weighted by Gasteiger charge is 2.02. The standard InChI is InChI=1S/C10H12BrN5/c1-7-14-5-9(11)10(16-7)13-3-2-8-4-12-6-15-8/h4-6H,2-3H2,1H3,(H,12,15)(H,13,14,16). The predicted molar refractivity (Wildman–Crippen MR) is 65.3 cm³/mol. The first-order chi connectivity index (χ1) is 7.75. The molecular weight excluding hydrogens is 270 g/mol. The van der Waals surface area contributed by atoms with E-state index in [1.807, 2.05) is 13.1 Å². The SMILES string of the molecule is Cc1ncc(Br)c(NCCc2cnc[nH]2)n1. The zero-order valence-corrected chi connectivity index (χ0v) is 10.5. The van der Waals surface area contributed by atoms with E-state index in [4.69, 9.17) is 0 Å². The fourth-order valence-electron chi connectivity index (χ4n) is 1.32. The quantitative estimate of drug-likeness (QED) is 0.899. The molecule has 0 saturated carbocycles. The lowest BCUT2D eigenvalue weighted by Gasteiger charge is -2.06. The normalized spacial score (nSPS) is 10.4. The molecule has 0 aliphatic heterocycles. The number of imidazole rings is 1. The van der Waals surface area contributed by atoms with E-state index in [1.54, 1.807) is 12.5 Å². The van der Waals surface area contributed by atoms with E-state index in [0.717, 1.165) is 34.8 Å².